The van der Waals surface area contributed by atoms with Crippen molar-refractivity contribution >= 4 is 0 Å². The lowest BCUT2D eigenvalue weighted by Gasteiger charge is -2.50. The Hall–Kier alpha value is -2.38. The molecule has 6 N–H and O–H groups in total. The van der Waals surface area contributed by atoms with Crippen LogP contribution in [-0.2, 0) is 12.8 Å². The fourth-order valence-electron chi connectivity index (χ4n) is 10.6. The van der Waals surface area contributed by atoms with Gasteiger partial charge in [0.15, 0.2) is 0 Å². The van der Waals surface area contributed by atoms with Gasteiger partial charge < -0.3 is 30.6 Å². The molecule has 6 aliphatic rings. The minimum Gasteiger partial charge on any atom is -0.508 e. The van der Waals surface area contributed by atoms with Crippen molar-refractivity contribution in [2.75, 3.05) is 0 Å². The van der Waals surface area contributed by atoms with E-state index in [1.807, 2.05) is 37.3 Å². The van der Waals surface area contributed by atoms with E-state index in [0.29, 0.717) is 35.2 Å². The Bertz CT molecular complexity index is 1390. The first-order valence-electron chi connectivity index (χ1n) is 16.1. The number of phenolic OH excluding ortho intramolecular Hbond substituents is 2. The van der Waals surface area contributed by atoms with Crippen LogP contribution in [0, 0.1) is 34.5 Å². The number of hydrogen-bond acceptors (Lipinski definition) is 6. The number of aliphatic hydroxyl groups excluding tert-OH is 4. The van der Waals surface area contributed by atoms with Crippen LogP contribution in [0.4, 0.5) is 0 Å². The average molecular weight is 575 g/mol. The lowest BCUT2D eigenvalue weighted by molar-refractivity contribution is -0.0505. The second-order valence-corrected chi connectivity index (χ2v) is 14.8. The third kappa shape index (κ3) is 4.12. The minimum atomic E-state index is -1.03. The second kappa shape index (κ2) is 10.1. The minimum absolute atomic E-state index is 0.0512. The molecule has 0 saturated heterocycles. The molecule has 42 heavy (non-hydrogen) atoms. The molecular weight excluding hydrogens is 528 g/mol. The van der Waals surface area contributed by atoms with Crippen LogP contribution in [0.5, 0.6) is 11.5 Å². The molecule has 0 radical (unpaired) electrons. The SMILES string of the molecule is C[C@]12CC[C@@H]3c4ccc(O)cc4CC[C@H]3[C@@H]1C=C[C@@H]2O.C[C@]12CC[C@@H]3c4ccc(O)cc4CC[C@H]3[C@@H]1[C@@H](O)[C@@H](O)[C@@H]2O. The lowest BCUT2D eigenvalue weighted by atomic mass is 9.55. The van der Waals surface area contributed by atoms with Crippen LogP contribution in [0.1, 0.15) is 86.5 Å². The van der Waals surface area contributed by atoms with Crippen LogP contribution in [-0.4, -0.2) is 55.1 Å². The Labute approximate surface area is 248 Å². The van der Waals surface area contributed by atoms with Gasteiger partial charge in [-0.1, -0.05) is 38.1 Å². The zero-order chi connectivity index (χ0) is 29.6. The largest absolute Gasteiger partial charge is 0.508 e. The van der Waals surface area contributed by atoms with Gasteiger partial charge in [0.1, 0.15) is 17.6 Å². The highest BCUT2D eigenvalue weighted by Gasteiger charge is 2.62. The Morgan fingerprint density at radius 2 is 1.19 bits per heavy atom. The van der Waals surface area contributed by atoms with E-state index in [0.717, 1.165) is 44.9 Å². The number of aryl methyl sites for hydroxylation is 2. The van der Waals surface area contributed by atoms with Crippen LogP contribution in [0.15, 0.2) is 48.6 Å². The molecule has 6 heteroatoms. The second-order valence-electron chi connectivity index (χ2n) is 14.8. The molecule has 3 fully saturated rings. The van der Waals surface area contributed by atoms with Crippen LogP contribution in [0.25, 0.3) is 0 Å². The number of phenols is 2. The molecule has 6 aliphatic carbocycles. The molecule has 0 bridgehead atoms. The molecular formula is C36H46O6. The molecule has 3 saturated carbocycles. The van der Waals surface area contributed by atoms with E-state index >= 15 is 0 Å². The number of aliphatic hydroxyl groups is 4. The highest BCUT2D eigenvalue weighted by molar-refractivity contribution is 5.42. The van der Waals surface area contributed by atoms with Gasteiger partial charge in [-0.25, -0.2) is 0 Å². The number of allylic oxidation sites excluding steroid dienone is 1. The first kappa shape index (κ1) is 28.4. The molecule has 12 atom stereocenters. The maximum atomic E-state index is 10.5. The van der Waals surface area contributed by atoms with Crippen LogP contribution in [0.3, 0.4) is 0 Å². The summed E-state index contributed by atoms with van der Waals surface area (Å²) in [7, 11) is 0. The third-order valence-corrected chi connectivity index (χ3v) is 12.9. The quantitative estimate of drug-likeness (QED) is 0.248. The van der Waals surface area contributed by atoms with Gasteiger partial charge in [0.25, 0.3) is 0 Å². The number of hydrogen-bond donors (Lipinski definition) is 6. The van der Waals surface area contributed by atoms with Crippen molar-refractivity contribution < 1.29 is 30.6 Å². The van der Waals surface area contributed by atoms with Gasteiger partial charge >= 0.3 is 0 Å². The van der Waals surface area contributed by atoms with Crippen molar-refractivity contribution in [1.29, 1.82) is 0 Å². The van der Waals surface area contributed by atoms with E-state index < -0.39 is 23.7 Å². The van der Waals surface area contributed by atoms with Gasteiger partial charge in [-0.3, -0.25) is 0 Å². The molecule has 0 unspecified atom stereocenters. The predicted octanol–water partition coefficient (Wildman–Crippen LogP) is 4.94. The highest BCUT2D eigenvalue weighted by atomic mass is 16.4. The molecule has 2 aromatic carbocycles. The smallest absolute Gasteiger partial charge is 0.115 e. The molecule has 0 heterocycles. The summed E-state index contributed by atoms with van der Waals surface area (Å²) in [5.41, 5.74) is 4.91. The van der Waals surface area contributed by atoms with Crippen molar-refractivity contribution in [3.8, 4) is 11.5 Å². The van der Waals surface area contributed by atoms with E-state index in [4.69, 9.17) is 0 Å². The summed E-state index contributed by atoms with van der Waals surface area (Å²) < 4.78 is 0. The van der Waals surface area contributed by atoms with Gasteiger partial charge in [0.2, 0.25) is 0 Å². The van der Waals surface area contributed by atoms with Gasteiger partial charge in [-0.2, -0.15) is 0 Å². The van der Waals surface area contributed by atoms with E-state index in [9.17, 15) is 30.6 Å². The van der Waals surface area contributed by atoms with E-state index in [1.165, 1.54) is 28.7 Å². The van der Waals surface area contributed by atoms with Crippen molar-refractivity contribution in [3.63, 3.8) is 0 Å². The predicted molar refractivity (Wildman–Crippen MR) is 160 cm³/mol. The summed E-state index contributed by atoms with van der Waals surface area (Å²) in [6.45, 7) is 4.27. The summed E-state index contributed by atoms with van der Waals surface area (Å²) in [4.78, 5) is 0. The summed E-state index contributed by atoms with van der Waals surface area (Å²) in [6, 6.07) is 11.5. The van der Waals surface area contributed by atoms with Crippen molar-refractivity contribution in [2.45, 2.75) is 101 Å². The number of aromatic hydroxyl groups is 2. The van der Waals surface area contributed by atoms with Crippen LogP contribution < -0.4 is 0 Å². The van der Waals surface area contributed by atoms with Crippen molar-refractivity contribution in [3.05, 3.63) is 70.8 Å². The maximum absolute atomic E-state index is 10.5. The van der Waals surface area contributed by atoms with E-state index in [1.54, 1.807) is 6.07 Å². The molecule has 8 rings (SSSR count). The van der Waals surface area contributed by atoms with Crippen LogP contribution in [0.2, 0.25) is 0 Å². The van der Waals surface area contributed by atoms with Gasteiger partial charge in [0.05, 0.1) is 18.3 Å². The van der Waals surface area contributed by atoms with Crippen molar-refractivity contribution in [1.82, 2.24) is 0 Å². The van der Waals surface area contributed by atoms with Crippen molar-refractivity contribution in [2.24, 2.45) is 34.5 Å². The fraction of sp³-hybridized carbons (Fsp3) is 0.611. The number of fused-ring (bicyclic) bond motifs is 10. The lowest BCUT2D eigenvalue weighted by Crippen LogP contribution is -2.46. The molecule has 0 spiro atoms. The molecule has 226 valence electrons. The molecule has 0 aromatic heterocycles. The Morgan fingerprint density at radius 1 is 0.643 bits per heavy atom. The monoisotopic (exact) mass is 574 g/mol. The molecule has 0 aliphatic heterocycles. The first-order chi connectivity index (χ1) is 20.0. The highest BCUT2D eigenvalue weighted by Crippen LogP contribution is 2.61. The Kier molecular flexibility index (Phi) is 6.82. The normalized spacial score (nSPS) is 44.4. The molecule has 2 aromatic rings. The first-order valence-corrected chi connectivity index (χ1v) is 16.1. The standard InChI is InChI=1S/C18H24O4.C18H22O2/c1-18-7-6-12-11-5-3-10(19)8-9(11)2-4-13(12)14(18)15(20)16(21)17(18)22;1-18-9-8-14-13-5-3-12(19)10-11(13)2-4-15(14)16(18)6-7-17(18)20/h3,5,8,12-17,19-22H,2,4,6-7H2,1H3;3,5-7,10,14-17,19-20H,2,4,8-9H2,1H3/t12-,13-,14-,15-,16-,17+,18+;14-,15-,16+,17+,18+/m11/s1. The topological polar surface area (TPSA) is 121 Å². The Balaban J connectivity index is 0.000000138. The third-order valence-electron chi connectivity index (χ3n) is 12.9. The summed E-state index contributed by atoms with van der Waals surface area (Å²) in [5.74, 6) is 3.05. The zero-order valence-corrected chi connectivity index (χ0v) is 24.7. The van der Waals surface area contributed by atoms with E-state index in [2.05, 4.69) is 19.1 Å². The summed E-state index contributed by atoms with van der Waals surface area (Å²) in [6.07, 6.45) is 9.40. The summed E-state index contributed by atoms with van der Waals surface area (Å²) >= 11 is 0. The van der Waals surface area contributed by atoms with Gasteiger partial charge in [0, 0.05) is 10.8 Å². The maximum Gasteiger partial charge on any atom is 0.115 e. The molecule has 6 nitrogen and oxygen atoms in total. The fourth-order valence-corrected chi connectivity index (χ4v) is 10.6. The van der Waals surface area contributed by atoms with Gasteiger partial charge in [-0.15, -0.1) is 0 Å². The van der Waals surface area contributed by atoms with E-state index in [-0.39, 0.29) is 23.4 Å². The average Bonchev–Trinajstić information content (AvgIpc) is 3.37. The van der Waals surface area contributed by atoms with Gasteiger partial charge in [-0.05, 0) is 133 Å². The van der Waals surface area contributed by atoms with Crippen LogP contribution >= 0.6 is 0 Å². The Morgan fingerprint density at radius 3 is 1.81 bits per heavy atom. The molecule has 0 amide bonds. The number of rotatable bonds is 0. The summed E-state index contributed by atoms with van der Waals surface area (Å²) in [5, 5.41) is 60.7. The number of benzene rings is 2. The zero-order valence-electron chi connectivity index (χ0n) is 24.7.